The van der Waals surface area contributed by atoms with E-state index in [1.54, 1.807) is 99.6 Å². The number of rotatable bonds is 0. The number of nitrogens with zero attached hydrogens (tertiary/aromatic N) is 19. The van der Waals surface area contributed by atoms with Gasteiger partial charge in [0.15, 0.2) is 5.82 Å². The molecule has 0 aliphatic carbocycles. The van der Waals surface area contributed by atoms with Crippen molar-refractivity contribution >= 4 is 23.1 Å². The van der Waals surface area contributed by atoms with E-state index < -0.39 is 0 Å². The van der Waals surface area contributed by atoms with E-state index >= 15 is 0 Å². The summed E-state index contributed by atoms with van der Waals surface area (Å²) in [7, 11) is 3.81. The number of imidazole rings is 2. The number of aromatic nitrogens is 21. The van der Waals surface area contributed by atoms with E-state index in [-0.39, 0.29) is 0 Å². The molecular weight excluding hydrogens is 1270 g/mol. The molecule has 0 radical (unpaired) electrons. The normalized spacial score (nSPS) is 7.69. The van der Waals surface area contributed by atoms with Crippen molar-refractivity contribution in [3.05, 3.63) is 234 Å². The fraction of sp³-hybridized carbons (Fsp3) is 0.466. The Labute approximate surface area is 602 Å². The number of H-pyrrole nitrogens is 2. The van der Waals surface area contributed by atoms with Crippen molar-refractivity contribution in [1.29, 1.82) is 0 Å². The van der Waals surface area contributed by atoms with Gasteiger partial charge in [-0.1, -0.05) is 161 Å². The van der Waals surface area contributed by atoms with Crippen LogP contribution in [0, 0.1) is 83.1 Å². The van der Waals surface area contributed by atoms with E-state index in [4.69, 9.17) is 0 Å². The van der Waals surface area contributed by atoms with Gasteiger partial charge in [-0.05, 0) is 158 Å². The second-order valence-electron chi connectivity index (χ2n) is 15.7. The predicted molar refractivity (Wildman–Crippen MR) is 417 cm³/mol. The van der Waals surface area contributed by atoms with E-state index in [9.17, 15) is 0 Å². The van der Waals surface area contributed by atoms with E-state index in [1.807, 2.05) is 305 Å². The van der Waals surface area contributed by atoms with E-state index in [1.165, 1.54) is 46.1 Å². The first kappa shape index (κ1) is 110. The summed E-state index contributed by atoms with van der Waals surface area (Å²) in [6.45, 7) is 63.1. The van der Waals surface area contributed by atoms with Gasteiger partial charge in [-0.3, -0.25) is 20.1 Å². The number of pyridine rings is 3. The van der Waals surface area contributed by atoms with Crippen LogP contribution in [0.3, 0.4) is 0 Å². The van der Waals surface area contributed by atoms with Crippen molar-refractivity contribution in [1.82, 2.24) is 104 Å². The van der Waals surface area contributed by atoms with Crippen LogP contribution in [0.5, 0.6) is 0 Å². The van der Waals surface area contributed by atoms with Crippen LogP contribution in [-0.2, 0) is 14.1 Å². The lowest BCUT2D eigenvalue weighted by Crippen LogP contribution is -1.79. The summed E-state index contributed by atoms with van der Waals surface area (Å²) < 4.78 is 20.5. The van der Waals surface area contributed by atoms with Crippen molar-refractivity contribution in [2.24, 2.45) is 14.1 Å². The van der Waals surface area contributed by atoms with Crippen molar-refractivity contribution in [2.45, 2.75) is 222 Å². The van der Waals surface area contributed by atoms with Crippen molar-refractivity contribution in [2.75, 3.05) is 0 Å². The minimum absolute atomic E-state index is 0.623. The van der Waals surface area contributed by atoms with Gasteiger partial charge < -0.3 is 23.2 Å². The molecule has 0 aliphatic rings. The van der Waals surface area contributed by atoms with Gasteiger partial charge in [0.05, 0.1) is 24.5 Å². The Balaban J connectivity index is -0.000000105. The van der Waals surface area contributed by atoms with Crippen molar-refractivity contribution in [3.63, 3.8) is 0 Å². The van der Waals surface area contributed by atoms with Crippen LogP contribution in [0.25, 0.3) is 0 Å². The maximum Gasteiger partial charge on any atom is 0.223 e. The quantitative estimate of drug-likeness (QED) is 0.143. The van der Waals surface area contributed by atoms with Gasteiger partial charge in [-0.25, -0.2) is 24.3 Å². The van der Waals surface area contributed by atoms with Gasteiger partial charge in [-0.15, -0.1) is 10.2 Å². The molecule has 12 aromatic rings. The molecule has 0 unspecified atom stereocenters. The van der Waals surface area contributed by atoms with Gasteiger partial charge in [0, 0.05) is 105 Å². The highest BCUT2D eigenvalue weighted by Crippen LogP contribution is 1.99. The molecule has 98 heavy (non-hydrogen) atoms. The third kappa shape index (κ3) is 93.2. The summed E-state index contributed by atoms with van der Waals surface area (Å²) in [6.07, 6.45) is 29.3. The zero-order chi connectivity index (χ0) is 77.4. The molecule has 0 spiro atoms. The summed E-state index contributed by atoms with van der Waals surface area (Å²) in [5.74, 6) is 3.05. The summed E-state index contributed by atoms with van der Waals surface area (Å²) in [4.78, 5) is 33.8. The number of nitrogens with one attached hydrogen (secondary N) is 2. The molecule has 23 nitrogen and oxygen atoms in total. The van der Waals surface area contributed by atoms with E-state index in [2.05, 4.69) is 104 Å². The largest absolute Gasteiger partial charge is 0.365 e. The minimum atomic E-state index is 0.623. The first-order valence-corrected chi connectivity index (χ1v) is 35.2. The fourth-order valence-corrected chi connectivity index (χ4v) is 5.18. The molecule has 25 heteroatoms. The first-order valence-electron chi connectivity index (χ1n) is 33.6. The van der Waals surface area contributed by atoms with Gasteiger partial charge in [0.25, 0.3) is 0 Å². The van der Waals surface area contributed by atoms with Gasteiger partial charge in [0.2, 0.25) is 5.89 Å². The second-order valence-corrected chi connectivity index (χ2v) is 17.3. The third-order valence-corrected chi connectivity index (χ3v) is 9.30. The monoisotopic (exact) mass is 1400 g/mol. The standard InChI is InChI=1S/3C6H7N.C5H6N2.C4H6N2O.C4H6N2S.2C4H6N2.C4H5NO.C4H5NS.2C3H5N3.10C2H6/c1-6-2-4-7-5-3-6;1-6-3-2-4-7-5-6;1-6-4-2-3-5-7-6;1-5-3-2-4-6-7-5;2*1-3-5-4(2)7-6-3;1-4-2-5-3-6-4;1-6-3-2-5-4-6;2*1-4-2-5-6-3-4;1-6-2-4-5-3-6;1-3-4-2-5-6-3;10*1-2/h3*2-5H,1H3;2-4H,1H3;2*1-2H3;2-3H,1H3,(H,5,6);2-4H,1H3;3*2-3H,1H3;2H,1H3,(H,4,5,6);10*1-2H3. The molecule has 0 amide bonds. The van der Waals surface area contributed by atoms with Crippen LogP contribution < -0.4 is 0 Å². The summed E-state index contributed by atoms with van der Waals surface area (Å²) in [5, 5.41) is 30.7. The maximum atomic E-state index is 4.60. The first-order chi connectivity index (χ1) is 47.5. The molecule has 2 N–H and O–H groups in total. The molecule has 12 aromatic heterocycles. The SMILES string of the molecule is CC.CC.CC.CC.CC.CC.CC.CC.CC.CC.Cc1ccccn1.Cc1cccnc1.Cc1cccnn1.Cc1ccncc1.Cc1cnc[nH]1.Cc1cnoc1.Cc1cnsc1.Cc1ncn[nH]1.Cc1noc(C)n1.Cc1nsc(C)n1.Cn1ccnc1.Cn1cnnc1. The number of aryl methyl sites for hydroxylation is 14. The van der Waals surface area contributed by atoms with Crippen molar-refractivity contribution < 1.29 is 9.05 Å². The third-order valence-electron chi connectivity index (χ3n) is 7.89. The van der Waals surface area contributed by atoms with Gasteiger partial charge in [0.1, 0.15) is 41.9 Å². The zero-order valence-electron chi connectivity index (χ0n) is 66.7. The number of aromatic amines is 2. The molecule has 0 fully saturated rings. The van der Waals surface area contributed by atoms with Crippen molar-refractivity contribution in [3.8, 4) is 0 Å². The van der Waals surface area contributed by atoms with Crippen LogP contribution in [0.4, 0.5) is 0 Å². The molecule has 552 valence electrons. The highest BCUT2D eigenvalue weighted by molar-refractivity contribution is 7.05. The minimum Gasteiger partial charge on any atom is -0.365 e. The molecule has 0 saturated heterocycles. The second kappa shape index (κ2) is 96.5. The lowest BCUT2D eigenvalue weighted by Gasteiger charge is -1.82. The van der Waals surface area contributed by atoms with Crippen LogP contribution in [0.2, 0.25) is 0 Å². The Morgan fingerprint density at radius 2 is 1.05 bits per heavy atom. The topological polar surface area (TPSA) is 287 Å². The van der Waals surface area contributed by atoms with Crippen LogP contribution in [0.15, 0.2) is 175 Å². The van der Waals surface area contributed by atoms with Crippen LogP contribution in [-0.4, -0.2) is 104 Å². The summed E-state index contributed by atoms with van der Waals surface area (Å²) in [6, 6.07) is 17.5. The lowest BCUT2D eigenvalue weighted by molar-refractivity contribution is 0.389. The Kier molecular flexibility index (Phi) is 108. The Morgan fingerprint density at radius 3 is 1.21 bits per heavy atom. The summed E-state index contributed by atoms with van der Waals surface area (Å²) >= 11 is 2.93. The molecule has 12 rings (SSSR count). The van der Waals surface area contributed by atoms with Crippen LogP contribution >= 0.6 is 23.1 Å². The Bertz CT molecular complexity index is 2570. The van der Waals surface area contributed by atoms with Crippen LogP contribution in [0.1, 0.15) is 206 Å². The Hall–Kier alpha value is -9.23. The molecule has 0 saturated carbocycles. The molecule has 0 bridgehead atoms. The Morgan fingerprint density at radius 1 is 0.459 bits per heavy atom. The average Bonchev–Trinajstić information content (AvgIpc) is 3.65. The molecule has 0 aliphatic heterocycles. The van der Waals surface area contributed by atoms with E-state index in [0.717, 1.165) is 39.3 Å². The lowest BCUT2D eigenvalue weighted by atomic mass is 10.3. The van der Waals surface area contributed by atoms with Gasteiger partial charge >= 0.3 is 0 Å². The van der Waals surface area contributed by atoms with E-state index in [0.29, 0.717) is 11.7 Å². The maximum absolute atomic E-state index is 4.60. The molecule has 0 aromatic carbocycles. The van der Waals surface area contributed by atoms with Gasteiger partial charge in [-0.2, -0.15) is 24.7 Å². The predicted octanol–water partition coefficient (Wildman–Crippen LogP) is 20.6. The molecular formula is C73H131N21O2S2. The highest BCUT2D eigenvalue weighted by atomic mass is 32.1. The summed E-state index contributed by atoms with van der Waals surface area (Å²) in [5.41, 5.74) is 7.92. The molecule has 12 heterocycles. The average molecular weight is 1400 g/mol. The number of hydrogen-bond acceptors (Lipinski definition) is 21. The fourth-order valence-electron chi connectivity index (χ4n) is 4.19. The smallest absolute Gasteiger partial charge is 0.223 e. The zero-order valence-corrected chi connectivity index (χ0v) is 68.4. The molecule has 0 atom stereocenters. The number of hydrogen-bond donors (Lipinski definition) is 2. The highest BCUT2D eigenvalue weighted by Gasteiger charge is 1.90.